The van der Waals surface area contributed by atoms with E-state index in [0.717, 1.165) is 35.7 Å². The Kier molecular flexibility index (Phi) is 4.34. The summed E-state index contributed by atoms with van der Waals surface area (Å²) in [6.07, 6.45) is 2.17. The molecule has 1 aliphatic heterocycles. The molecule has 0 bridgehead atoms. The summed E-state index contributed by atoms with van der Waals surface area (Å²) >= 11 is 6.00. The first-order valence-corrected chi connectivity index (χ1v) is 8.56. The molecule has 25 heavy (non-hydrogen) atoms. The van der Waals surface area contributed by atoms with Crippen molar-refractivity contribution >= 4 is 17.4 Å². The van der Waals surface area contributed by atoms with Gasteiger partial charge in [-0.1, -0.05) is 29.8 Å². The van der Waals surface area contributed by atoms with Crippen molar-refractivity contribution in [3.05, 3.63) is 59.8 Å². The summed E-state index contributed by atoms with van der Waals surface area (Å²) in [4.78, 5) is 15.8. The van der Waals surface area contributed by atoms with E-state index in [4.69, 9.17) is 11.6 Å². The van der Waals surface area contributed by atoms with Gasteiger partial charge in [0.1, 0.15) is 11.5 Å². The third-order valence-electron chi connectivity index (χ3n) is 4.23. The van der Waals surface area contributed by atoms with Gasteiger partial charge in [0.05, 0.1) is 11.8 Å². The van der Waals surface area contributed by atoms with Gasteiger partial charge in [-0.2, -0.15) is 0 Å². The van der Waals surface area contributed by atoms with E-state index in [1.165, 1.54) is 0 Å². The molecule has 0 spiro atoms. The minimum atomic E-state index is -0.313. The fourth-order valence-corrected chi connectivity index (χ4v) is 3.05. The second-order valence-electron chi connectivity index (χ2n) is 6.05. The standard InChI is InChI=1S/C19H17ClN4O/c20-14-6-4-13(5-7-14)17-11-18(24-10-8-15(25)12-24)23-19(22-17)16-3-1-2-9-21-16/h1-7,9,11,15,25H,8,10,12H2/t15-/m0/s1. The third kappa shape index (κ3) is 3.48. The Morgan fingerprint density at radius 1 is 1.04 bits per heavy atom. The molecular formula is C19H17ClN4O. The lowest BCUT2D eigenvalue weighted by Gasteiger charge is -2.18. The van der Waals surface area contributed by atoms with Gasteiger partial charge in [0.15, 0.2) is 5.82 Å². The van der Waals surface area contributed by atoms with Crippen LogP contribution >= 0.6 is 11.6 Å². The Balaban J connectivity index is 1.81. The van der Waals surface area contributed by atoms with Crippen molar-refractivity contribution in [2.24, 2.45) is 0 Å². The van der Waals surface area contributed by atoms with Crippen molar-refractivity contribution in [3.8, 4) is 22.8 Å². The lowest BCUT2D eigenvalue weighted by molar-refractivity contribution is 0.198. The Bertz CT molecular complexity index is 870. The number of benzene rings is 1. The second-order valence-corrected chi connectivity index (χ2v) is 6.48. The van der Waals surface area contributed by atoms with Crippen LogP contribution in [0, 0.1) is 0 Å². The number of halogens is 1. The Labute approximate surface area is 151 Å². The smallest absolute Gasteiger partial charge is 0.180 e. The predicted molar refractivity (Wildman–Crippen MR) is 98.5 cm³/mol. The molecule has 1 fully saturated rings. The minimum absolute atomic E-state index is 0.313. The molecule has 0 saturated carbocycles. The van der Waals surface area contributed by atoms with E-state index in [0.29, 0.717) is 17.4 Å². The van der Waals surface area contributed by atoms with E-state index >= 15 is 0 Å². The van der Waals surface area contributed by atoms with Crippen LogP contribution in [0.2, 0.25) is 5.02 Å². The number of hydrogen-bond donors (Lipinski definition) is 1. The van der Waals surface area contributed by atoms with E-state index < -0.39 is 0 Å². The Morgan fingerprint density at radius 3 is 2.56 bits per heavy atom. The quantitative estimate of drug-likeness (QED) is 0.782. The molecule has 1 aliphatic rings. The molecule has 0 unspecified atom stereocenters. The number of nitrogens with zero attached hydrogens (tertiary/aromatic N) is 4. The molecule has 3 aromatic rings. The van der Waals surface area contributed by atoms with Gasteiger partial charge in [0.2, 0.25) is 0 Å². The molecule has 1 aromatic carbocycles. The number of aromatic nitrogens is 3. The molecule has 1 N–H and O–H groups in total. The first kappa shape index (κ1) is 16.0. The molecule has 1 atom stereocenters. The maximum absolute atomic E-state index is 9.85. The minimum Gasteiger partial charge on any atom is -0.391 e. The zero-order valence-electron chi connectivity index (χ0n) is 13.5. The number of β-amino-alcohol motifs (C(OH)–C–C–N with tert-alkyl or cyclic N) is 1. The van der Waals surface area contributed by atoms with E-state index in [2.05, 4.69) is 19.9 Å². The highest BCUT2D eigenvalue weighted by Crippen LogP contribution is 2.28. The highest BCUT2D eigenvalue weighted by molar-refractivity contribution is 6.30. The van der Waals surface area contributed by atoms with Crippen LogP contribution in [0.3, 0.4) is 0 Å². The second kappa shape index (κ2) is 6.78. The van der Waals surface area contributed by atoms with Gasteiger partial charge in [-0.15, -0.1) is 0 Å². The fourth-order valence-electron chi connectivity index (χ4n) is 2.92. The van der Waals surface area contributed by atoms with E-state index in [-0.39, 0.29) is 6.10 Å². The summed E-state index contributed by atoms with van der Waals surface area (Å²) in [7, 11) is 0. The Hall–Kier alpha value is -2.50. The van der Waals surface area contributed by atoms with Gasteiger partial charge in [-0.05, 0) is 30.7 Å². The van der Waals surface area contributed by atoms with Crippen molar-refractivity contribution in [1.29, 1.82) is 0 Å². The van der Waals surface area contributed by atoms with Crippen molar-refractivity contribution in [1.82, 2.24) is 15.0 Å². The number of rotatable bonds is 3. The van der Waals surface area contributed by atoms with Crippen LogP contribution in [0.25, 0.3) is 22.8 Å². The average Bonchev–Trinajstić information content (AvgIpc) is 3.09. The van der Waals surface area contributed by atoms with Crippen molar-refractivity contribution in [3.63, 3.8) is 0 Å². The predicted octanol–water partition coefficient (Wildman–Crippen LogP) is 3.43. The topological polar surface area (TPSA) is 62.1 Å². The average molecular weight is 353 g/mol. The molecule has 6 heteroatoms. The summed E-state index contributed by atoms with van der Waals surface area (Å²) in [5.74, 6) is 1.38. The first-order chi connectivity index (χ1) is 12.2. The molecule has 1 saturated heterocycles. The maximum atomic E-state index is 9.85. The SMILES string of the molecule is O[C@H]1CCN(c2cc(-c3ccc(Cl)cc3)nc(-c3ccccn3)n2)C1. The van der Waals surface area contributed by atoms with E-state index in [1.807, 2.05) is 48.5 Å². The largest absolute Gasteiger partial charge is 0.391 e. The molecule has 0 amide bonds. The van der Waals surface area contributed by atoms with Gasteiger partial charge in [-0.25, -0.2) is 9.97 Å². The number of aliphatic hydroxyl groups is 1. The van der Waals surface area contributed by atoms with Crippen molar-refractivity contribution < 1.29 is 5.11 Å². The third-order valence-corrected chi connectivity index (χ3v) is 4.49. The van der Waals surface area contributed by atoms with Crippen LogP contribution in [-0.2, 0) is 0 Å². The maximum Gasteiger partial charge on any atom is 0.180 e. The lowest BCUT2D eigenvalue weighted by Crippen LogP contribution is -2.22. The molecule has 126 valence electrons. The zero-order valence-corrected chi connectivity index (χ0v) is 14.3. The van der Waals surface area contributed by atoms with E-state index in [1.54, 1.807) is 6.20 Å². The highest BCUT2D eigenvalue weighted by atomic mass is 35.5. The van der Waals surface area contributed by atoms with Crippen molar-refractivity contribution in [2.75, 3.05) is 18.0 Å². The Morgan fingerprint density at radius 2 is 1.88 bits per heavy atom. The summed E-state index contributed by atoms with van der Waals surface area (Å²) in [6, 6.07) is 15.2. The van der Waals surface area contributed by atoms with Gasteiger partial charge in [0.25, 0.3) is 0 Å². The molecule has 3 heterocycles. The van der Waals surface area contributed by atoms with Gasteiger partial charge in [-0.3, -0.25) is 4.98 Å². The molecule has 2 aromatic heterocycles. The molecular weight excluding hydrogens is 336 g/mol. The van der Waals surface area contributed by atoms with Crippen molar-refractivity contribution in [2.45, 2.75) is 12.5 Å². The monoisotopic (exact) mass is 352 g/mol. The van der Waals surface area contributed by atoms with Crippen LogP contribution in [-0.4, -0.2) is 39.3 Å². The number of anilines is 1. The fraction of sp³-hybridized carbons (Fsp3) is 0.211. The summed E-state index contributed by atoms with van der Waals surface area (Å²) in [5.41, 5.74) is 2.49. The van der Waals surface area contributed by atoms with Crippen LogP contribution in [0.15, 0.2) is 54.7 Å². The number of hydrogen-bond acceptors (Lipinski definition) is 5. The molecule has 5 nitrogen and oxygen atoms in total. The first-order valence-electron chi connectivity index (χ1n) is 8.18. The van der Waals surface area contributed by atoms with Crippen LogP contribution in [0.5, 0.6) is 0 Å². The van der Waals surface area contributed by atoms with Gasteiger partial charge in [0, 0.05) is 35.9 Å². The zero-order chi connectivity index (χ0) is 17.2. The molecule has 0 radical (unpaired) electrons. The number of aliphatic hydroxyl groups excluding tert-OH is 1. The van der Waals surface area contributed by atoms with Crippen LogP contribution in [0.1, 0.15) is 6.42 Å². The normalized spacial score (nSPS) is 17.0. The molecule has 4 rings (SSSR count). The highest BCUT2D eigenvalue weighted by Gasteiger charge is 2.23. The summed E-state index contributed by atoms with van der Waals surface area (Å²) < 4.78 is 0. The van der Waals surface area contributed by atoms with E-state index in [9.17, 15) is 5.11 Å². The lowest BCUT2D eigenvalue weighted by atomic mass is 10.1. The molecule has 0 aliphatic carbocycles. The van der Waals surface area contributed by atoms with Gasteiger partial charge < -0.3 is 10.0 Å². The van der Waals surface area contributed by atoms with Crippen LogP contribution < -0.4 is 4.90 Å². The van der Waals surface area contributed by atoms with Crippen LogP contribution in [0.4, 0.5) is 5.82 Å². The summed E-state index contributed by atoms with van der Waals surface area (Å²) in [5, 5.41) is 10.5. The number of pyridine rings is 1. The van der Waals surface area contributed by atoms with Gasteiger partial charge >= 0.3 is 0 Å². The summed E-state index contributed by atoms with van der Waals surface area (Å²) in [6.45, 7) is 1.36.